The van der Waals surface area contributed by atoms with Crippen LogP contribution in [0.15, 0.2) is 58.1 Å². The summed E-state index contributed by atoms with van der Waals surface area (Å²) in [6, 6.07) is 14.8. The van der Waals surface area contributed by atoms with Crippen LogP contribution in [0.4, 0.5) is 0 Å². The fourth-order valence-corrected chi connectivity index (χ4v) is 3.42. The van der Waals surface area contributed by atoms with Crippen LogP contribution in [0.2, 0.25) is 0 Å². The lowest BCUT2D eigenvalue weighted by atomic mass is 10.1. The van der Waals surface area contributed by atoms with Gasteiger partial charge in [0.15, 0.2) is 0 Å². The molecular weight excluding hydrogens is 368 g/mol. The summed E-state index contributed by atoms with van der Waals surface area (Å²) in [4.78, 5) is 40.0. The SMILES string of the molecule is CCn1c(=O)c2ccccc2n(CC(=O)NCc2ccccc2CN(C)C)c1=O. The van der Waals surface area contributed by atoms with Gasteiger partial charge in [0.2, 0.25) is 5.91 Å². The minimum Gasteiger partial charge on any atom is -0.350 e. The van der Waals surface area contributed by atoms with Crippen LogP contribution in [0, 0.1) is 0 Å². The number of nitrogens with zero attached hydrogens (tertiary/aromatic N) is 3. The van der Waals surface area contributed by atoms with E-state index in [-0.39, 0.29) is 24.6 Å². The van der Waals surface area contributed by atoms with Gasteiger partial charge in [-0.3, -0.25) is 18.7 Å². The second kappa shape index (κ2) is 8.87. The summed E-state index contributed by atoms with van der Waals surface area (Å²) in [7, 11) is 3.99. The van der Waals surface area contributed by atoms with Crippen LogP contribution < -0.4 is 16.6 Å². The lowest BCUT2D eigenvalue weighted by molar-refractivity contribution is -0.121. The lowest BCUT2D eigenvalue weighted by Gasteiger charge is -2.16. The standard InChI is InChI=1S/C22H26N4O3/c1-4-25-21(28)18-11-7-8-12-19(18)26(22(25)29)15-20(27)23-13-16-9-5-6-10-17(16)14-24(2)3/h5-12H,4,13-15H2,1-3H3,(H,23,27). The molecule has 0 bridgehead atoms. The minimum absolute atomic E-state index is 0.143. The number of amides is 1. The van der Waals surface area contributed by atoms with Crippen LogP contribution in [-0.4, -0.2) is 34.0 Å². The Morgan fingerprint density at radius 3 is 2.31 bits per heavy atom. The number of para-hydroxylation sites is 1. The maximum absolute atomic E-state index is 12.8. The smallest absolute Gasteiger partial charge is 0.331 e. The van der Waals surface area contributed by atoms with Crippen molar-refractivity contribution in [1.29, 1.82) is 0 Å². The second-order valence-corrected chi connectivity index (χ2v) is 7.22. The van der Waals surface area contributed by atoms with Gasteiger partial charge in [-0.1, -0.05) is 36.4 Å². The highest BCUT2D eigenvalue weighted by molar-refractivity contribution is 5.81. The number of aromatic nitrogens is 2. The number of hydrogen-bond acceptors (Lipinski definition) is 4. The molecule has 0 radical (unpaired) electrons. The predicted octanol–water partition coefficient (Wildman–Crippen LogP) is 1.56. The molecule has 0 saturated carbocycles. The fraction of sp³-hybridized carbons (Fsp3) is 0.318. The lowest BCUT2D eigenvalue weighted by Crippen LogP contribution is -2.42. The van der Waals surface area contributed by atoms with E-state index in [1.54, 1.807) is 31.2 Å². The summed E-state index contributed by atoms with van der Waals surface area (Å²) in [5.74, 6) is -0.279. The minimum atomic E-state index is -0.473. The number of nitrogens with one attached hydrogen (secondary N) is 1. The van der Waals surface area contributed by atoms with E-state index in [9.17, 15) is 14.4 Å². The molecule has 3 rings (SSSR count). The maximum atomic E-state index is 12.8. The van der Waals surface area contributed by atoms with Crippen molar-refractivity contribution in [2.45, 2.75) is 33.1 Å². The van der Waals surface area contributed by atoms with E-state index in [4.69, 9.17) is 0 Å². The summed E-state index contributed by atoms with van der Waals surface area (Å²) in [6.07, 6.45) is 0. The molecule has 3 aromatic rings. The molecule has 1 aromatic heterocycles. The average Bonchev–Trinajstić information content (AvgIpc) is 2.70. The number of fused-ring (bicyclic) bond motifs is 1. The van der Waals surface area contributed by atoms with Gasteiger partial charge in [0.25, 0.3) is 5.56 Å². The summed E-state index contributed by atoms with van der Waals surface area (Å²) in [5.41, 5.74) is 1.84. The Bertz CT molecular complexity index is 1140. The molecule has 0 spiro atoms. The Balaban J connectivity index is 1.85. The van der Waals surface area contributed by atoms with Crippen LogP contribution >= 0.6 is 0 Å². The second-order valence-electron chi connectivity index (χ2n) is 7.22. The quantitative estimate of drug-likeness (QED) is 0.660. The molecule has 2 aromatic carbocycles. The van der Waals surface area contributed by atoms with Gasteiger partial charge in [-0.05, 0) is 44.3 Å². The Morgan fingerprint density at radius 2 is 1.62 bits per heavy atom. The first-order valence-electron chi connectivity index (χ1n) is 9.63. The molecule has 0 aliphatic rings. The summed E-state index contributed by atoms with van der Waals surface area (Å²) < 4.78 is 2.52. The van der Waals surface area contributed by atoms with Gasteiger partial charge in [-0.2, -0.15) is 0 Å². The zero-order valence-corrected chi connectivity index (χ0v) is 17.0. The van der Waals surface area contributed by atoms with E-state index in [2.05, 4.69) is 10.2 Å². The van der Waals surface area contributed by atoms with Crippen molar-refractivity contribution in [3.8, 4) is 0 Å². The van der Waals surface area contributed by atoms with Gasteiger partial charge >= 0.3 is 5.69 Å². The van der Waals surface area contributed by atoms with Crippen molar-refractivity contribution < 1.29 is 4.79 Å². The molecule has 1 N–H and O–H groups in total. The van der Waals surface area contributed by atoms with E-state index in [1.165, 1.54) is 4.57 Å². The molecule has 0 fully saturated rings. The van der Waals surface area contributed by atoms with Gasteiger partial charge in [0.1, 0.15) is 6.54 Å². The van der Waals surface area contributed by atoms with Crippen LogP contribution in [0.1, 0.15) is 18.1 Å². The Labute approximate surface area is 169 Å². The van der Waals surface area contributed by atoms with Crippen molar-refractivity contribution >= 4 is 16.8 Å². The zero-order chi connectivity index (χ0) is 21.0. The highest BCUT2D eigenvalue weighted by Crippen LogP contribution is 2.11. The highest BCUT2D eigenvalue weighted by Gasteiger charge is 2.14. The molecule has 0 unspecified atom stereocenters. The van der Waals surface area contributed by atoms with Gasteiger partial charge < -0.3 is 10.2 Å². The van der Waals surface area contributed by atoms with Crippen molar-refractivity contribution in [3.63, 3.8) is 0 Å². The molecule has 1 amide bonds. The third kappa shape index (κ3) is 4.46. The van der Waals surface area contributed by atoms with Crippen molar-refractivity contribution in [2.75, 3.05) is 14.1 Å². The van der Waals surface area contributed by atoms with E-state index in [0.717, 1.165) is 22.2 Å². The first-order valence-corrected chi connectivity index (χ1v) is 9.63. The predicted molar refractivity (Wildman–Crippen MR) is 114 cm³/mol. The molecule has 7 nitrogen and oxygen atoms in total. The molecule has 0 saturated heterocycles. The number of benzene rings is 2. The Hall–Kier alpha value is -3.19. The molecule has 7 heteroatoms. The number of carbonyl (C=O) groups excluding carboxylic acids is 1. The normalized spacial score (nSPS) is 11.2. The van der Waals surface area contributed by atoms with Crippen molar-refractivity contribution in [2.24, 2.45) is 0 Å². The summed E-state index contributed by atoms with van der Waals surface area (Å²) >= 11 is 0. The average molecular weight is 394 g/mol. The Kier molecular flexibility index (Phi) is 6.29. The third-order valence-electron chi connectivity index (χ3n) is 4.83. The van der Waals surface area contributed by atoms with E-state index in [1.807, 2.05) is 38.4 Å². The van der Waals surface area contributed by atoms with E-state index < -0.39 is 5.69 Å². The molecule has 1 heterocycles. The van der Waals surface area contributed by atoms with Crippen LogP contribution in [0.3, 0.4) is 0 Å². The van der Waals surface area contributed by atoms with Crippen LogP contribution in [-0.2, 0) is 31.0 Å². The zero-order valence-electron chi connectivity index (χ0n) is 17.0. The molecule has 29 heavy (non-hydrogen) atoms. The van der Waals surface area contributed by atoms with Gasteiger partial charge in [0, 0.05) is 19.6 Å². The Morgan fingerprint density at radius 1 is 0.966 bits per heavy atom. The van der Waals surface area contributed by atoms with Gasteiger partial charge in [0.05, 0.1) is 10.9 Å². The maximum Gasteiger partial charge on any atom is 0.331 e. The summed E-state index contributed by atoms with van der Waals surface area (Å²) in [6.45, 7) is 3.00. The van der Waals surface area contributed by atoms with E-state index in [0.29, 0.717) is 17.4 Å². The largest absolute Gasteiger partial charge is 0.350 e. The van der Waals surface area contributed by atoms with Gasteiger partial charge in [-0.15, -0.1) is 0 Å². The molecular formula is C22H26N4O3. The molecule has 0 atom stereocenters. The van der Waals surface area contributed by atoms with E-state index >= 15 is 0 Å². The molecule has 152 valence electrons. The monoisotopic (exact) mass is 394 g/mol. The first kappa shape index (κ1) is 20.5. The topological polar surface area (TPSA) is 76.3 Å². The fourth-order valence-electron chi connectivity index (χ4n) is 3.42. The molecule has 0 aliphatic carbocycles. The number of rotatable bonds is 7. The third-order valence-corrected chi connectivity index (χ3v) is 4.83. The van der Waals surface area contributed by atoms with Crippen LogP contribution in [0.25, 0.3) is 10.9 Å². The molecule has 0 aliphatic heterocycles. The van der Waals surface area contributed by atoms with Crippen molar-refractivity contribution in [1.82, 2.24) is 19.4 Å². The highest BCUT2D eigenvalue weighted by atomic mass is 16.2. The summed E-state index contributed by atoms with van der Waals surface area (Å²) in [5, 5.41) is 3.33. The van der Waals surface area contributed by atoms with Crippen molar-refractivity contribution in [3.05, 3.63) is 80.5 Å². The number of hydrogen-bond donors (Lipinski definition) is 1. The first-order chi connectivity index (χ1) is 13.9. The van der Waals surface area contributed by atoms with Gasteiger partial charge in [-0.25, -0.2) is 4.79 Å². The van der Waals surface area contributed by atoms with Crippen LogP contribution in [0.5, 0.6) is 0 Å². The number of carbonyl (C=O) groups is 1.